The third kappa shape index (κ3) is 3.89. The van der Waals surface area contributed by atoms with Crippen molar-refractivity contribution in [3.05, 3.63) is 47.2 Å². The number of alkyl halides is 3. The van der Waals surface area contributed by atoms with Gasteiger partial charge >= 0.3 is 6.18 Å². The zero-order valence-electron chi connectivity index (χ0n) is 9.89. The number of anilines is 1. The van der Waals surface area contributed by atoms with Crippen LogP contribution in [0.1, 0.15) is 11.3 Å². The Bertz CT molecular complexity index is 622. The van der Waals surface area contributed by atoms with Crippen LogP contribution in [0.25, 0.3) is 6.08 Å². The molecule has 4 nitrogen and oxygen atoms in total. The summed E-state index contributed by atoms with van der Waals surface area (Å²) >= 11 is 0.717. The first-order chi connectivity index (χ1) is 9.45. The molecule has 0 aliphatic rings. The average Bonchev–Trinajstić information content (AvgIpc) is 2.86. The number of nitrogens with one attached hydrogen (secondary N) is 1. The van der Waals surface area contributed by atoms with Gasteiger partial charge in [-0.25, -0.2) is 4.98 Å². The van der Waals surface area contributed by atoms with Crippen molar-refractivity contribution < 1.29 is 18.0 Å². The molecule has 0 fully saturated rings. The minimum Gasteiger partial charge on any atom is -0.298 e. The number of nitrogens with zero attached hydrogens (tertiary/aromatic N) is 2. The first-order valence-electron chi connectivity index (χ1n) is 5.37. The highest BCUT2D eigenvalue weighted by molar-refractivity contribution is 7.14. The number of carbonyl (C=O) groups is 1. The molecule has 8 heteroatoms. The molecule has 2 aromatic heterocycles. The van der Waals surface area contributed by atoms with E-state index in [4.69, 9.17) is 0 Å². The van der Waals surface area contributed by atoms with Crippen molar-refractivity contribution in [1.29, 1.82) is 0 Å². The zero-order valence-corrected chi connectivity index (χ0v) is 10.7. The van der Waals surface area contributed by atoms with Crippen molar-refractivity contribution in [3.8, 4) is 0 Å². The number of aromatic nitrogens is 2. The van der Waals surface area contributed by atoms with Crippen LogP contribution in [-0.2, 0) is 11.0 Å². The molecule has 2 heterocycles. The molecule has 0 aliphatic carbocycles. The van der Waals surface area contributed by atoms with Crippen LogP contribution in [0, 0.1) is 0 Å². The number of amides is 1. The molecule has 0 aromatic carbocycles. The third-order valence-corrected chi connectivity index (χ3v) is 2.89. The van der Waals surface area contributed by atoms with Crippen LogP contribution in [0.2, 0.25) is 0 Å². The number of hydrogen-bond acceptors (Lipinski definition) is 4. The Hall–Kier alpha value is -2.22. The van der Waals surface area contributed by atoms with Crippen molar-refractivity contribution in [2.45, 2.75) is 6.18 Å². The molecule has 1 amide bonds. The van der Waals surface area contributed by atoms with Crippen molar-refractivity contribution in [1.82, 2.24) is 9.97 Å². The first-order valence-corrected chi connectivity index (χ1v) is 6.25. The molecule has 0 bridgehead atoms. The number of rotatable bonds is 3. The summed E-state index contributed by atoms with van der Waals surface area (Å²) in [5.41, 5.74) is -0.313. The molecule has 0 unspecified atom stereocenters. The molecule has 0 atom stereocenters. The molecule has 1 N–H and O–H groups in total. The van der Waals surface area contributed by atoms with Gasteiger partial charge in [0.05, 0.1) is 0 Å². The molecule has 0 saturated carbocycles. The second-order valence-corrected chi connectivity index (χ2v) is 4.50. The van der Waals surface area contributed by atoms with Crippen LogP contribution >= 0.6 is 11.3 Å². The number of hydrogen-bond donors (Lipinski definition) is 1. The van der Waals surface area contributed by atoms with Gasteiger partial charge in [0, 0.05) is 23.8 Å². The fourth-order valence-corrected chi connectivity index (χ4v) is 1.98. The van der Waals surface area contributed by atoms with Gasteiger partial charge in [-0.05, 0) is 17.7 Å². The van der Waals surface area contributed by atoms with E-state index in [-0.39, 0.29) is 5.13 Å². The summed E-state index contributed by atoms with van der Waals surface area (Å²) in [5, 5.41) is 3.01. The Morgan fingerprint density at radius 1 is 1.40 bits per heavy atom. The van der Waals surface area contributed by atoms with Crippen molar-refractivity contribution in [2.75, 3.05) is 5.32 Å². The lowest BCUT2D eigenvalue weighted by atomic mass is 10.2. The van der Waals surface area contributed by atoms with Crippen molar-refractivity contribution in [3.63, 3.8) is 0 Å². The second-order valence-electron chi connectivity index (χ2n) is 3.64. The molecule has 0 aliphatic heterocycles. The molecule has 2 rings (SSSR count). The van der Waals surface area contributed by atoms with E-state index in [0.29, 0.717) is 5.56 Å². The van der Waals surface area contributed by atoms with Crippen LogP contribution in [0.3, 0.4) is 0 Å². The molecular weight excluding hydrogens is 291 g/mol. The SMILES string of the molecule is O=C(C=Cc1cccnc1)Nc1nc(C(F)(F)F)cs1. The quantitative estimate of drug-likeness (QED) is 0.885. The van der Waals surface area contributed by atoms with E-state index in [2.05, 4.69) is 15.3 Å². The Morgan fingerprint density at radius 2 is 2.20 bits per heavy atom. The number of thiazole rings is 1. The van der Waals surface area contributed by atoms with Crippen LogP contribution in [0.4, 0.5) is 18.3 Å². The molecular formula is C12H8F3N3OS. The predicted octanol–water partition coefficient (Wildman–Crippen LogP) is 3.21. The van der Waals surface area contributed by atoms with Crippen molar-refractivity contribution >= 4 is 28.5 Å². The highest BCUT2D eigenvalue weighted by Gasteiger charge is 2.33. The molecule has 0 radical (unpaired) electrons. The lowest BCUT2D eigenvalue weighted by Gasteiger charge is -2.00. The Balaban J connectivity index is 1.98. The molecule has 20 heavy (non-hydrogen) atoms. The summed E-state index contributed by atoms with van der Waals surface area (Å²) in [4.78, 5) is 18.7. The highest BCUT2D eigenvalue weighted by Crippen LogP contribution is 2.31. The van der Waals surface area contributed by atoms with E-state index >= 15 is 0 Å². The van der Waals surface area contributed by atoms with Gasteiger partial charge in [-0.15, -0.1) is 11.3 Å². The predicted molar refractivity (Wildman–Crippen MR) is 69.0 cm³/mol. The van der Waals surface area contributed by atoms with E-state index in [0.717, 1.165) is 16.7 Å². The van der Waals surface area contributed by atoms with Gasteiger partial charge in [-0.3, -0.25) is 15.1 Å². The monoisotopic (exact) mass is 299 g/mol. The van der Waals surface area contributed by atoms with Gasteiger partial charge in [0.2, 0.25) is 5.91 Å². The van der Waals surface area contributed by atoms with E-state index in [1.807, 2.05) is 0 Å². The average molecular weight is 299 g/mol. The summed E-state index contributed by atoms with van der Waals surface area (Å²) in [6, 6.07) is 3.44. The smallest absolute Gasteiger partial charge is 0.298 e. The fourth-order valence-electron chi connectivity index (χ4n) is 1.25. The Kier molecular flexibility index (Phi) is 4.14. The third-order valence-electron chi connectivity index (χ3n) is 2.14. The fraction of sp³-hybridized carbons (Fsp3) is 0.0833. The summed E-state index contributed by atoms with van der Waals surface area (Å²) in [6.07, 6.45) is 1.33. The van der Waals surface area contributed by atoms with Gasteiger partial charge < -0.3 is 0 Å². The van der Waals surface area contributed by atoms with E-state index in [1.165, 1.54) is 12.2 Å². The maximum absolute atomic E-state index is 12.3. The largest absolute Gasteiger partial charge is 0.434 e. The van der Waals surface area contributed by atoms with Crippen LogP contribution < -0.4 is 5.32 Å². The van der Waals surface area contributed by atoms with Crippen LogP contribution in [-0.4, -0.2) is 15.9 Å². The molecule has 2 aromatic rings. The topological polar surface area (TPSA) is 54.9 Å². The summed E-state index contributed by atoms with van der Waals surface area (Å²) in [6.45, 7) is 0. The van der Waals surface area contributed by atoms with Gasteiger partial charge in [-0.1, -0.05) is 6.07 Å². The standard InChI is InChI=1S/C12H8F3N3OS/c13-12(14,15)9-7-20-11(17-9)18-10(19)4-3-8-2-1-5-16-6-8/h1-7H,(H,17,18,19). The van der Waals surface area contributed by atoms with Crippen LogP contribution in [0.15, 0.2) is 36.0 Å². The van der Waals surface area contributed by atoms with E-state index < -0.39 is 17.8 Å². The van der Waals surface area contributed by atoms with Gasteiger partial charge in [0.25, 0.3) is 0 Å². The maximum Gasteiger partial charge on any atom is 0.434 e. The highest BCUT2D eigenvalue weighted by atomic mass is 32.1. The second kappa shape index (κ2) is 5.83. The normalized spacial score (nSPS) is 11.8. The van der Waals surface area contributed by atoms with Gasteiger partial charge in [0.1, 0.15) is 0 Å². The Labute approximate surface area is 116 Å². The van der Waals surface area contributed by atoms with Gasteiger partial charge in [-0.2, -0.15) is 13.2 Å². The zero-order chi connectivity index (χ0) is 14.6. The van der Waals surface area contributed by atoms with Crippen molar-refractivity contribution in [2.24, 2.45) is 0 Å². The maximum atomic E-state index is 12.3. The first kappa shape index (κ1) is 14.2. The van der Waals surface area contributed by atoms with Crippen LogP contribution in [0.5, 0.6) is 0 Å². The van der Waals surface area contributed by atoms with E-state index in [9.17, 15) is 18.0 Å². The number of carbonyl (C=O) groups excluding carboxylic acids is 1. The lowest BCUT2D eigenvalue weighted by molar-refractivity contribution is -0.140. The molecule has 0 saturated heterocycles. The van der Waals surface area contributed by atoms with Gasteiger partial charge in [0.15, 0.2) is 10.8 Å². The number of pyridine rings is 1. The lowest BCUT2D eigenvalue weighted by Crippen LogP contribution is -2.09. The Morgan fingerprint density at radius 3 is 2.80 bits per heavy atom. The minimum atomic E-state index is -4.51. The summed E-state index contributed by atoms with van der Waals surface area (Å²) in [5.74, 6) is -0.558. The molecule has 0 spiro atoms. The molecule has 104 valence electrons. The summed E-state index contributed by atoms with van der Waals surface area (Å²) in [7, 11) is 0. The minimum absolute atomic E-state index is 0.0989. The van der Waals surface area contributed by atoms with E-state index in [1.54, 1.807) is 24.5 Å². The summed E-state index contributed by atoms with van der Waals surface area (Å²) < 4.78 is 37.0. The number of halogens is 3.